The summed E-state index contributed by atoms with van der Waals surface area (Å²) in [5.41, 5.74) is 0. The number of nitrogens with zero attached hydrogens (tertiary/aromatic N) is 3. The summed E-state index contributed by atoms with van der Waals surface area (Å²) in [7, 11) is 0. The summed E-state index contributed by atoms with van der Waals surface area (Å²) in [5.74, 6) is -2.37. The van der Waals surface area contributed by atoms with Gasteiger partial charge in [-0.1, -0.05) is 0 Å². The van der Waals surface area contributed by atoms with Crippen molar-refractivity contribution in [1.29, 1.82) is 0 Å². The summed E-state index contributed by atoms with van der Waals surface area (Å²) in [4.78, 5) is 14.9. The van der Waals surface area contributed by atoms with Gasteiger partial charge in [0.15, 0.2) is 0 Å². The number of aliphatic carboxylic acids is 1. The minimum absolute atomic E-state index is 0.0442. The molecule has 0 spiro atoms. The van der Waals surface area contributed by atoms with Crippen LogP contribution in [0.3, 0.4) is 0 Å². The molecule has 0 radical (unpaired) electrons. The third-order valence-electron chi connectivity index (χ3n) is 1.65. The van der Waals surface area contributed by atoms with E-state index in [1.54, 1.807) is 6.92 Å². The van der Waals surface area contributed by atoms with Crippen LogP contribution in [0.15, 0.2) is 0 Å². The minimum Gasteiger partial charge on any atom is -0.480 e. The first-order valence-electron chi connectivity index (χ1n) is 4.22. The average molecular weight is 255 g/mol. The van der Waals surface area contributed by atoms with Gasteiger partial charge in [-0.05, 0) is 6.92 Å². The van der Waals surface area contributed by atoms with Crippen LogP contribution in [0.1, 0.15) is 12.7 Å². The lowest BCUT2D eigenvalue weighted by molar-refractivity contribution is -0.144. The number of alkyl halides is 3. The van der Waals surface area contributed by atoms with E-state index in [4.69, 9.17) is 5.11 Å². The molecule has 1 rings (SSSR count). The highest BCUT2D eigenvalue weighted by Gasteiger charge is 2.36. The van der Waals surface area contributed by atoms with E-state index in [9.17, 15) is 18.0 Å². The summed E-state index contributed by atoms with van der Waals surface area (Å²) in [6.07, 6.45) is -4.60. The van der Waals surface area contributed by atoms with Crippen molar-refractivity contribution >= 4 is 22.6 Å². The number of hydrogen-bond donors (Lipinski definition) is 1. The van der Waals surface area contributed by atoms with Crippen molar-refractivity contribution in [3.63, 3.8) is 0 Å². The molecule has 90 valence electrons. The van der Waals surface area contributed by atoms with Gasteiger partial charge in [0.1, 0.15) is 6.54 Å². The third-order valence-corrected chi connectivity index (χ3v) is 2.42. The van der Waals surface area contributed by atoms with Gasteiger partial charge in [-0.15, -0.1) is 0 Å². The maximum Gasteiger partial charge on any atom is 0.452 e. The van der Waals surface area contributed by atoms with Crippen LogP contribution in [-0.2, 0) is 11.0 Å². The normalized spacial score (nSPS) is 11.5. The summed E-state index contributed by atoms with van der Waals surface area (Å²) in [5, 5.41) is 8.49. The summed E-state index contributed by atoms with van der Waals surface area (Å²) >= 11 is 0.533. The monoisotopic (exact) mass is 255 g/mol. The van der Waals surface area contributed by atoms with E-state index < -0.39 is 24.5 Å². The largest absolute Gasteiger partial charge is 0.480 e. The topological polar surface area (TPSA) is 66.3 Å². The second-order valence-electron chi connectivity index (χ2n) is 2.81. The first-order valence-corrected chi connectivity index (χ1v) is 4.99. The molecule has 1 N–H and O–H groups in total. The number of hydrogen-bond acceptors (Lipinski definition) is 5. The summed E-state index contributed by atoms with van der Waals surface area (Å²) < 4.78 is 39.7. The van der Waals surface area contributed by atoms with Gasteiger partial charge in [0.05, 0.1) is 0 Å². The van der Waals surface area contributed by atoms with E-state index in [0.717, 1.165) is 0 Å². The summed E-state index contributed by atoms with van der Waals surface area (Å²) in [6, 6.07) is 0. The number of carboxylic acids is 1. The van der Waals surface area contributed by atoms with Crippen molar-refractivity contribution in [3.8, 4) is 0 Å². The van der Waals surface area contributed by atoms with Gasteiger partial charge in [0, 0.05) is 18.1 Å². The maximum absolute atomic E-state index is 12.2. The van der Waals surface area contributed by atoms with Crippen molar-refractivity contribution in [2.75, 3.05) is 18.0 Å². The molecule has 9 heteroatoms. The fourth-order valence-electron chi connectivity index (χ4n) is 0.937. The van der Waals surface area contributed by atoms with E-state index in [-0.39, 0.29) is 11.7 Å². The molecule has 1 heterocycles. The molecule has 0 bridgehead atoms. The van der Waals surface area contributed by atoms with E-state index in [1.165, 1.54) is 4.90 Å². The Morgan fingerprint density at radius 1 is 1.56 bits per heavy atom. The van der Waals surface area contributed by atoms with Crippen molar-refractivity contribution < 1.29 is 23.1 Å². The lowest BCUT2D eigenvalue weighted by Crippen LogP contribution is -2.29. The Labute approximate surface area is 92.7 Å². The molecule has 0 amide bonds. The van der Waals surface area contributed by atoms with Gasteiger partial charge >= 0.3 is 12.1 Å². The second kappa shape index (κ2) is 4.64. The van der Waals surface area contributed by atoms with Gasteiger partial charge < -0.3 is 10.0 Å². The molecular weight excluding hydrogens is 247 g/mol. The molecule has 0 unspecified atom stereocenters. The zero-order valence-corrected chi connectivity index (χ0v) is 8.97. The van der Waals surface area contributed by atoms with Crippen LogP contribution >= 0.6 is 11.5 Å². The average Bonchev–Trinajstić information content (AvgIpc) is 2.61. The third kappa shape index (κ3) is 3.05. The van der Waals surface area contributed by atoms with Crippen LogP contribution in [0.4, 0.5) is 18.3 Å². The highest BCUT2D eigenvalue weighted by atomic mass is 32.1. The number of rotatable bonds is 4. The minimum atomic E-state index is -4.60. The molecule has 0 aliphatic rings. The van der Waals surface area contributed by atoms with Crippen LogP contribution in [0, 0.1) is 0 Å². The lowest BCUT2D eigenvalue weighted by atomic mass is 10.5. The zero-order valence-electron chi connectivity index (χ0n) is 8.15. The van der Waals surface area contributed by atoms with E-state index in [0.29, 0.717) is 11.5 Å². The Bertz CT molecular complexity index is 379. The standard InChI is InChI=1S/C7H8F3N3O2S/c1-2-13(3-4(14)15)6-11-5(12-16-6)7(8,9)10/h2-3H2,1H3,(H,14,15). The molecule has 0 aliphatic carbocycles. The zero-order chi connectivity index (χ0) is 12.3. The van der Waals surface area contributed by atoms with Gasteiger partial charge in [0.2, 0.25) is 11.0 Å². The number of carbonyl (C=O) groups is 1. The van der Waals surface area contributed by atoms with Crippen LogP contribution in [0.2, 0.25) is 0 Å². The van der Waals surface area contributed by atoms with E-state index in [1.807, 2.05) is 0 Å². The fraction of sp³-hybridized carbons (Fsp3) is 0.571. The Morgan fingerprint density at radius 3 is 2.56 bits per heavy atom. The predicted molar refractivity (Wildman–Crippen MR) is 50.4 cm³/mol. The molecule has 0 aliphatic heterocycles. The Hall–Kier alpha value is -1.38. The number of carboxylic acid groups (broad SMARTS) is 1. The van der Waals surface area contributed by atoms with Crippen LogP contribution in [0.5, 0.6) is 0 Å². The highest BCUT2D eigenvalue weighted by molar-refractivity contribution is 7.09. The first kappa shape index (κ1) is 12.7. The summed E-state index contributed by atoms with van der Waals surface area (Å²) in [6.45, 7) is 1.47. The number of anilines is 1. The molecule has 0 aromatic carbocycles. The van der Waals surface area contributed by atoms with E-state index >= 15 is 0 Å². The van der Waals surface area contributed by atoms with Gasteiger partial charge in [-0.25, -0.2) is 0 Å². The molecule has 1 aromatic rings. The van der Waals surface area contributed by atoms with Crippen LogP contribution in [-0.4, -0.2) is 33.5 Å². The molecular formula is C7H8F3N3O2S. The van der Waals surface area contributed by atoms with Gasteiger partial charge in [0.25, 0.3) is 0 Å². The highest BCUT2D eigenvalue weighted by Crippen LogP contribution is 2.30. The number of likely N-dealkylation sites (N-methyl/N-ethyl adjacent to an activating group) is 1. The van der Waals surface area contributed by atoms with Gasteiger partial charge in [-0.3, -0.25) is 4.79 Å². The molecule has 5 nitrogen and oxygen atoms in total. The second-order valence-corrected chi connectivity index (χ2v) is 3.54. The van der Waals surface area contributed by atoms with Crippen molar-refractivity contribution in [2.24, 2.45) is 0 Å². The van der Waals surface area contributed by atoms with Gasteiger partial charge in [-0.2, -0.15) is 22.5 Å². The number of aromatic nitrogens is 2. The molecule has 1 aromatic heterocycles. The molecule has 0 atom stereocenters. The van der Waals surface area contributed by atoms with Crippen molar-refractivity contribution in [2.45, 2.75) is 13.1 Å². The Morgan fingerprint density at radius 2 is 2.19 bits per heavy atom. The van der Waals surface area contributed by atoms with Crippen molar-refractivity contribution in [3.05, 3.63) is 5.82 Å². The molecule has 16 heavy (non-hydrogen) atoms. The maximum atomic E-state index is 12.2. The predicted octanol–water partition coefficient (Wildman–Crippen LogP) is 1.47. The molecule has 0 saturated carbocycles. The first-order chi connectivity index (χ1) is 7.34. The van der Waals surface area contributed by atoms with Crippen molar-refractivity contribution in [1.82, 2.24) is 9.36 Å². The lowest BCUT2D eigenvalue weighted by Gasteiger charge is -2.15. The van der Waals surface area contributed by atoms with Crippen LogP contribution < -0.4 is 4.90 Å². The SMILES string of the molecule is CCN(CC(=O)O)c1nc(C(F)(F)F)ns1. The molecule has 0 fully saturated rings. The Balaban J connectivity index is 2.87. The van der Waals surface area contributed by atoms with Crippen LogP contribution in [0.25, 0.3) is 0 Å². The number of halogens is 3. The smallest absolute Gasteiger partial charge is 0.452 e. The fourth-order valence-corrected chi connectivity index (χ4v) is 1.69. The molecule has 0 saturated heterocycles. The quantitative estimate of drug-likeness (QED) is 0.882. The van der Waals surface area contributed by atoms with E-state index in [2.05, 4.69) is 9.36 Å². The Kier molecular flexibility index (Phi) is 3.68.